The number of carbonyl (C=O) groups is 2. The third-order valence-electron chi connectivity index (χ3n) is 2.90. The Bertz CT molecular complexity index is 916. The zero-order valence-electron chi connectivity index (χ0n) is 13.2. The number of non-ortho nitro benzene ring substituents is 2. The van der Waals surface area contributed by atoms with Crippen LogP contribution in [0.4, 0.5) is 17.1 Å². The van der Waals surface area contributed by atoms with Gasteiger partial charge >= 0.3 is 11.9 Å². The highest BCUT2D eigenvalue weighted by Gasteiger charge is 2.13. The van der Waals surface area contributed by atoms with E-state index in [2.05, 4.69) is 0 Å². The van der Waals surface area contributed by atoms with Crippen molar-refractivity contribution in [3.8, 4) is 6.07 Å². The third kappa shape index (κ3) is 5.80. The topological polar surface area (TPSA) is 211 Å². The smallest absolute Gasteiger partial charge is 0.336 e. The summed E-state index contributed by atoms with van der Waals surface area (Å²) in [6, 6.07) is 7.88. The predicted octanol–water partition coefficient (Wildman–Crippen LogP) is 2.04. The summed E-state index contributed by atoms with van der Waals surface area (Å²) in [6.45, 7) is 0. The van der Waals surface area contributed by atoms with Gasteiger partial charge in [0.05, 0.1) is 32.6 Å². The van der Waals surface area contributed by atoms with Crippen LogP contribution in [0.25, 0.3) is 0 Å². The Balaban J connectivity index is 0.000000271. The summed E-state index contributed by atoms with van der Waals surface area (Å²) in [5.41, 5.74) is 4.10. The molecule has 12 nitrogen and oxygen atoms in total. The van der Waals surface area contributed by atoms with Gasteiger partial charge in [-0.1, -0.05) is 0 Å². The fraction of sp³-hybridized carbons (Fsp3) is 0. The summed E-state index contributed by atoms with van der Waals surface area (Å²) in [7, 11) is 0. The minimum absolute atomic E-state index is 0.0448. The molecule has 12 heteroatoms. The van der Waals surface area contributed by atoms with Crippen molar-refractivity contribution >= 4 is 29.0 Å². The van der Waals surface area contributed by atoms with Gasteiger partial charge in [0.1, 0.15) is 0 Å². The summed E-state index contributed by atoms with van der Waals surface area (Å²) in [5.74, 6) is -2.54. The van der Waals surface area contributed by atoms with Gasteiger partial charge in [0.15, 0.2) is 0 Å². The van der Waals surface area contributed by atoms with Crippen LogP contribution in [-0.2, 0) is 0 Å². The fourth-order valence-corrected chi connectivity index (χ4v) is 1.77. The number of hydrogen-bond donors (Lipinski definition) is 3. The molecule has 2 rings (SSSR count). The van der Waals surface area contributed by atoms with E-state index < -0.39 is 27.5 Å². The van der Waals surface area contributed by atoms with E-state index in [9.17, 15) is 29.8 Å². The highest BCUT2D eigenvalue weighted by Crippen LogP contribution is 2.18. The summed E-state index contributed by atoms with van der Waals surface area (Å²) < 4.78 is 0. The quantitative estimate of drug-likeness (QED) is 0.402. The number of nitrogens with two attached hydrogens (primary N) is 1. The molecule has 0 heterocycles. The lowest BCUT2D eigenvalue weighted by molar-refractivity contribution is -0.385. The maximum absolute atomic E-state index is 10.5. The van der Waals surface area contributed by atoms with Crippen molar-refractivity contribution in [1.29, 1.82) is 5.26 Å². The summed E-state index contributed by atoms with van der Waals surface area (Å²) in [5, 5.41) is 46.2. The molecule has 0 atom stereocenters. The number of benzene rings is 2. The van der Waals surface area contributed by atoms with Crippen LogP contribution in [0.3, 0.4) is 0 Å². The summed E-state index contributed by atoms with van der Waals surface area (Å²) in [4.78, 5) is 40.2. The van der Waals surface area contributed by atoms with Crippen LogP contribution in [0.1, 0.15) is 26.3 Å². The largest absolute Gasteiger partial charge is 0.478 e. The number of nitro groups is 2. The number of nitrogens with zero attached hydrogens (tertiary/aromatic N) is 3. The molecule has 0 spiro atoms. The van der Waals surface area contributed by atoms with E-state index in [1.807, 2.05) is 0 Å². The molecular weight excluding hydrogens is 364 g/mol. The van der Waals surface area contributed by atoms with Gasteiger partial charge < -0.3 is 15.9 Å². The molecule has 4 N–H and O–H groups in total. The Kier molecular flexibility index (Phi) is 6.48. The molecule has 0 saturated heterocycles. The van der Waals surface area contributed by atoms with Crippen molar-refractivity contribution in [3.05, 3.63) is 73.3 Å². The number of nitro benzene ring substituents is 2. The van der Waals surface area contributed by atoms with Crippen molar-refractivity contribution in [2.24, 2.45) is 0 Å². The lowest BCUT2D eigenvalue weighted by Crippen LogP contribution is -2.00. The second-order valence-corrected chi connectivity index (χ2v) is 4.82. The number of carboxylic acid groups (broad SMARTS) is 2. The normalized spacial score (nSPS) is 9.30. The Morgan fingerprint density at radius 3 is 1.74 bits per heavy atom. The van der Waals surface area contributed by atoms with E-state index in [4.69, 9.17) is 21.2 Å². The average Bonchev–Trinajstić information content (AvgIpc) is 2.61. The molecule has 0 saturated carbocycles. The Hall–Kier alpha value is -4.53. The standard InChI is InChI=1S/C8H4N2O4.C7H6N2O4/c9-4-5-1-6(8(11)12)3-7(2-5)10(13)14;8-5-1-4(7(10)11)2-6(3-5)9(12)13/h1-3H,(H,11,12);1-3H,8H2,(H,10,11). The molecule has 0 aliphatic heterocycles. The number of carboxylic acids is 2. The van der Waals surface area contributed by atoms with E-state index in [0.717, 1.165) is 36.4 Å². The minimum atomic E-state index is -1.30. The van der Waals surface area contributed by atoms with E-state index in [1.54, 1.807) is 6.07 Å². The molecular formula is C15H10N4O8. The van der Waals surface area contributed by atoms with Gasteiger partial charge in [-0.2, -0.15) is 5.26 Å². The van der Waals surface area contributed by atoms with E-state index >= 15 is 0 Å². The highest BCUT2D eigenvalue weighted by atomic mass is 16.6. The first-order valence-electron chi connectivity index (χ1n) is 6.76. The van der Waals surface area contributed by atoms with Crippen LogP contribution in [0.2, 0.25) is 0 Å². The van der Waals surface area contributed by atoms with Crippen LogP contribution in [-0.4, -0.2) is 32.0 Å². The molecule has 27 heavy (non-hydrogen) atoms. The number of nitriles is 1. The number of rotatable bonds is 4. The van der Waals surface area contributed by atoms with Crippen LogP contribution < -0.4 is 5.73 Å². The van der Waals surface area contributed by atoms with Gasteiger partial charge in [-0.3, -0.25) is 20.2 Å². The molecule has 2 aromatic carbocycles. The molecule has 0 unspecified atom stereocenters. The Morgan fingerprint density at radius 1 is 0.889 bits per heavy atom. The van der Waals surface area contributed by atoms with Gasteiger partial charge in [0.2, 0.25) is 0 Å². The van der Waals surface area contributed by atoms with Gasteiger partial charge in [0, 0.05) is 30.0 Å². The molecule has 0 fully saturated rings. The molecule has 0 bridgehead atoms. The van der Waals surface area contributed by atoms with Gasteiger partial charge in [0.25, 0.3) is 11.4 Å². The van der Waals surface area contributed by atoms with Crippen LogP contribution >= 0.6 is 0 Å². The monoisotopic (exact) mass is 374 g/mol. The molecule has 0 amide bonds. The lowest BCUT2D eigenvalue weighted by atomic mass is 10.1. The molecule has 0 aromatic heterocycles. The number of anilines is 1. The molecule has 0 radical (unpaired) electrons. The number of nitrogen functional groups attached to an aromatic ring is 1. The Labute approximate surface area is 150 Å². The maximum Gasteiger partial charge on any atom is 0.336 e. The Morgan fingerprint density at radius 2 is 1.33 bits per heavy atom. The van der Waals surface area contributed by atoms with Gasteiger partial charge in [-0.05, 0) is 12.1 Å². The SMILES string of the molecule is N#Cc1cc(C(=O)O)cc([N+](=O)[O-])c1.Nc1cc(C(=O)O)cc([N+](=O)[O-])c1. The molecule has 2 aromatic rings. The highest BCUT2D eigenvalue weighted by molar-refractivity contribution is 5.90. The van der Waals surface area contributed by atoms with Gasteiger partial charge in [-0.25, -0.2) is 9.59 Å². The number of aromatic carboxylic acids is 2. The number of hydrogen-bond acceptors (Lipinski definition) is 8. The lowest BCUT2D eigenvalue weighted by Gasteiger charge is -1.97. The second kappa shape index (κ2) is 8.53. The summed E-state index contributed by atoms with van der Waals surface area (Å²) >= 11 is 0. The van der Waals surface area contributed by atoms with Crippen LogP contribution in [0.5, 0.6) is 0 Å². The van der Waals surface area contributed by atoms with Crippen LogP contribution in [0, 0.1) is 31.6 Å². The first-order valence-corrected chi connectivity index (χ1v) is 6.76. The molecule has 0 aliphatic rings. The second-order valence-electron chi connectivity index (χ2n) is 4.82. The zero-order chi connectivity index (χ0) is 20.7. The first kappa shape index (κ1) is 20.5. The summed E-state index contributed by atoms with van der Waals surface area (Å²) in [6.07, 6.45) is 0. The minimum Gasteiger partial charge on any atom is -0.478 e. The molecule has 0 aliphatic carbocycles. The van der Waals surface area contributed by atoms with Crippen molar-refractivity contribution < 1.29 is 29.6 Å². The average molecular weight is 374 g/mol. The first-order chi connectivity index (χ1) is 12.5. The van der Waals surface area contributed by atoms with Crippen LogP contribution in [0.15, 0.2) is 36.4 Å². The fourth-order valence-electron chi connectivity index (χ4n) is 1.77. The van der Waals surface area contributed by atoms with Gasteiger partial charge in [-0.15, -0.1) is 0 Å². The predicted molar refractivity (Wildman–Crippen MR) is 89.2 cm³/mol. The third-order valence-corrected chi connectivity index (χ3v) is 2.90. The van der Waals surface area contributed by atoms with Crippen molar-refractivity contribution in [2.45, 2.75) is 0 Å². The van der Waals surface area contributed by atoms with E-state index in [1.165, 1.54) is 0 Å². The zero-order valence-corrected chi connectivity index (χ0v) is 13.2. The van der Waals surface area contributed by atoms with E-state index in [0.29, 0.717) is 0 Å². The van der Waals surface area contributed by atoms with Crippen molar-refractivity contribution in [3.63, 3.8) is 0 Å². The maximum atomic E-state index is 10.5. The van der Waals surface area contributed by atoms with Crippen molar-refractivity contribution in [1.82, 2.24) is 0 Å². The van der Waals surface area contributed by atoms with Crippen molar-refractivity contribution in [2.75, 3.05) is 5.73 Å². The van der Waals surface area contributed by atoms with E-state index in [-0.39, 0.29) is 28.1 Å². The molecule has 138 valence electrons.